The Morgan fingerprint density at radius 3 is 2.70 bits per heavy atom. The number of pyridine rings is 1. The third-order valence-corrected chi connectivity index (χ3v) is 5.14. The van der Waals surface area contributed by atoms with E-state index >= 15 is 0 Å². The van der Waals surface area contributed by atoms with Crippen LogP contribution in [0, 0.1) is 6.92 Å². The normalized spacial score (nSPS) is 16.3. The van der Waals surface area contributed by atoms with Crippen LogP contribution in [-0.4, -0.2) is 46.9 Å². The number of ether oxygens (including phenoxy) is 1. The highest BCUT2D eigenvalue weighted by Gasteiger charge is 2.29. The molecule has 0 aliphatic carbocycles. The predicted octanol–water partition coefficient (Wildman–Crippen LogP) is 2.27. The molecular formula is C22H26N4O4. The van der Waals surface area contributed by atoms with Crippen molar-refractivity contribution in [3.8, 4) is 0 Å². The monoisotopic (exact) mass is 410 g/mol. The molecule has 1 aliphatic rings. The van der Waals surface area contributed by atoms with Crippen LogP contribution in [0.2, 0.25) is 0 Å². The molecule has 1 aromatic heterocycles. The first kappa shape index (κ1) is 21.4. The molecule has 1 aromatic carbocycles. The minimum atomic E-state index is -0.463. The van der Waals surface area contributed by atoms with Gasteiger partial charge in [0.25, 0.3) is 5.91 Å². The lowest BCUT2D eigenvalue weighted by Crippen LogP contribution is -2.39. The van der Waals surface area contributed by atoms with E-state index in [2.05, 4.69) is 10.3 Å². The van der Waals surface area contributed by atoms with Gasteiger partial charge in [-0.05, 0) is 57.0 Å². The van der Waals surface area contributed by atoms with E-state index in [1.165, 1.54) is 6.07 Å². The van der Waals surface area contributed by atoms with Gasteiger partial charge >= 0.3 is 5.97 Å². The molecule has 3 rings (SSSR count). The summed E-state index contributed by atoms with van der Waals surface area (Å²) < 4.78 is 4.99. The predicted molar refractivity (Wildman–Crippen MR) is 112 cm³/mol. The van der Waals surface area contributed by atoms with Crippen LogP contribution in [0.25, 0.3) is 0 Å². The minimum Gasteiger partial charge on any atom is -0.462 e. The smallest absolute Gasteiger partial charge is 0.339 e. The number of hydrogen-bond donors (Lipinski definition) is 2. The second kappa shape index (κ2) is 9.49. The fourth-order valence-corrected chi connectivity index (χ4v) is 3.63. The van der Waals surface area contributed by atoms with Crippen LogP contribution in [0.3, 0.4) is 0 Å². The van der Waals surface area contributed by atoms with Crippen LogP contribution < -0.4 is 11.1 Å². The lowest BCUT2D eigenvalue weighted by Gasteiger charge is -2.23. The molecule has 158 valence electrons. The highest BCUT2D eigenvalue weighted by molar-refractivity contribution is 6.03. The number of rotatable bonds is 7. The van der Waals surface area contributed by atoms with Crippen molar-refractivity contribution in [1.29, 1.82) is 0 Å². The Kier molecular flexibility index (Phi) is 6.79. The van der Waals surface area contributed by atoms with Crippen LogP contribution in [0.4, 0.5) is 5.69 Å². The number of hydrogen-bond acceptors (Lipinski definition) is 6. The van der Waals surface area contributed by atoms with Gasteiger partial charge in [0.2, 0.25) is 5.91 Å². The summed E-state index contributed by atoms with van der Waals surface area (Å²) in [4.78, 5) is 42.6. The maximum atomic E-state index is 12.8. The van der Waals surface area contributed by atoms with Crippen LogP contribution >= 0.6 is 0 Å². The number of esters is 1. The molecule has 2 aromatic rings. The molecule has 0 spiro atoms. The second-order valence-corrected chi connectivity index (χ2v) is 7.19. The quantitative estimate of drug-likeness (QED) is 0.677. The van der Waals surface area contributed by atoms with Crippen molar-refractivity contribution in [3.05, 3.63) is 58.9 Å². The van der Waals surface area contributed by atoms with Crippen molar-refractivity contribution in [2.75, 3.05) is 18.5 Å². The zero-order valence-electron chi connectivity index (χ0n) is 17.2. The molecule has 1 unspecified atom stereocenters. The Labute approximate surface area is 175 Å². The molecule has 2 amide bonds. The number of carbonyl (C=O) groups excluding carboxylic acids is 3. The fraction of sp³-hybridized carbons (Fsp3) is 0.364. The molecule has 8 nitrogen and oxygen atoms in total. The van der Waals surface area contributed by atoms with E-state index in [9.17, 15) is 14.4 Å². The van der Waals surface area contributed by atoms with E-state index in [0.717, 1.165) is 24.9 Å². The second-order valence-electron chi connectivity index (χ2n) is 7.19. The van der Waals surface area contributed by atoms with Crippen molar-refractivity contribution < 1.29 is 19.1 Å². The third kappa shape index (κ3) is 4.83. The number of benzene rings is 1. The maximum Gasteiger partial charge on any atom is 0.339 e. The highest BCUT2D eigenvalue weighted by atomic mass is 16.5. The molecule has 1 saturated heterocycles. The molecule has 1 atom stereocenters. The molecule has 1 aliphatic heterocycles. The Hall–Kier alpha value is -3.26. The number of aromatic nitrogens is 1. The van der Waals surface area contributed by atoms with Crippen molar-refractivity contribution >= 4 is 23.5 Å². The Bertz CT molecular complexity index is 960. The molecule has 1 fully saturated rings. The first-order valence-corrected chi connectivity index (χ1v) is 9.98. The molecule has 0 saturated carbocycles. The number of nitrogens with two attached hydrogens (primary N) is 1. The molecule has 2 heterocycles. The van der Waals surface area contributed by atoms with Gasteiger partial charge in [-0.2, -0.15) is 0 Å². The summed E-state index contributed by atoms with van der Waals surface area (Å²) in [5.41, 5.74) is 8.01. The van der Waals surface area contributed by atoms with Gasteiger partial charge < -0.3 is 15.8 Å². The maximum absolute atomic E-state index is 12.8. The number of carbonyl (C=O) groups is 3. The van der Waals surface area contributed by atoms with Crippen LogP contribution in [-0.2, 0) is 16.1 Å². The van der Waals surface area contributed by atoms with Gasteiger partial charge in [0.15, 0.2) is 0 Å². The van der Waals surface area contributed by atoms with Gasteiger partial charge in [0.05, 0.1) is 23.9 Å². The molecule has 8 heteroatoms. The van der Waals surface area contributed by atoms with E-state index in [0.29, 0.717) is 23.5 Å². The summed E-state index contributed by atoms with van der Waals surface area (Å²) in [6.45, 7) is 4.96. The standard InChI is InChI=1S/C22H26N4O4/c1-3-30-22(29)16-10-11-18(24-14(16)2)21(28)25-17-8-5-4-7-15(17)13-26-12-6-9-19(26)20(23)27/h4-5,7-8,10-11,19H,3,6,9,12-13H2,1-2H3,(H2,23,27)(H,25,28). The van der Waals surface area contributed by atoms with Gasteiger partial charge in [0, 0.05) is 12.2 Å². The summed E-state index contributed by atoms with van der Waals surface area (Å²) in [5.74, 6) is -1.17. The topological polar surface area (TPSA) is 115 Å². The van der Waals surface area contributed by atoms with Gasteiger partial charge in [-0.3, -0.25) is 14.5 Å². The van der Waals surface area contributed by atoms with Crippen molar-refractivity contribution in [2.24, 2.45) is 5.73 Å². The minimum absolute atomic E-state index is 0.200. The van der Waals surface area contributed by atoms with Gasteiger partial charge in [-0.1, -0.05) is 18.2 Å². The van der Waals surface area contributed by atoms with Crippen LogP contribution in [0.5, 0.6) is 0 Å². The Morgan fingerprint density at radius 1 is 1.23 bits per heavy atom. The van der Waals surface area contributed by atoms with E-state index in [-0.39, 0.29) is 30.2 Å². The summed E-state index contributed by atoms with van der Waals surface area (Å²) in [5, 5.41) is 2.89. The number of para-hydroxylation sites is 1. The number of amides is 2. The van der Waals surface area contributed by atoms with E-state index in [1.807, 2.05) is 29.2 Å². The zero-order chi connectivity index (χ0) is 21.7. The van der Waals surface area contributed by atoms with Crippen molar-refractivity contribution in [3.63, 3.8) is 0 Å². The lowest BCUT2D eigenvalue weighted by atomic mass is 10.1. The van der Waals surface area contributed by atoms with Crippen LogP contribution in [0.1, 0.15) is 51.9 Å². The highest BCUT2D eigenvalue weighted by Crippen LogP contribution is 2.24. The number of nitrogens with one attached hydrogen (secondary N) is 1. The molecule has 30 heavy (non-hydrogen) atoms. The SMILES string of the molecule is CCOC(=O)c1ccc(C(=O)Nc2ccccc2CN2CCCC2C(N)=O)nc1C. The molecule has 0 bridgehead atoms. The average Bonchev–Trinajstić information content (AvgIpc) is 3.18. The Morgan fingerprint density at radius 2 is 2.00 bits per heavy atom. The van der Waals surface area contributed by atoms with Gasteiger partial charge in [0.1, 0.15) is 5.69 Å². The summed E-state index contributed by atoms with van der Waals surface area (Å²) in [6, 6.07) is 10.2. The van der Waals surface area contributed by atoms with Gasteiger partial charge in [-0.25, -0.2) is 9.78 Å². The molecular weight excluding hydrogens is 384 g/mol. The van der Waals surface area contributed by atoms with Gasteiger partial charge in [-0.15, -0.1) is 0 Å². The van der Waals surface area contributed by atoms with E-state index in [4.69, 9.17) is 10.5 Å². The van der Waals surface area contributed by atoms with Crippen molar-refractivity contribution in [2.45, 2.75) is 39.3 Å². The molecule has 0 radical (unpaired) electrons. The summed E-state index contributed by atoms with van der Waals surface area (Å²) >= 11 is 0. The first-order valence-electron chi connectivity index (χ1n) is 9.98. The third-order valence-electron chi connectivity index (χ3n) is 5.14. The largest absolute Gasteiger partial charge is 0.462 e. The zero-order valence-corrected chi connectivity index (χ0v) is 17.2. The first-order chi connectivity index (χ1) is 14.4. The summed E-state index contributed by atoms with van der Waals surface area (Å²) in [7, 11) is 0. The average molecular weight is 410 g/mol. The lowest BCUT2D eigenvalue weighted by molar-refractivity contribution is -0.122. The van der Waals surface area contributed by atoms with Crippen LogP contribution in [0.15, 0.2) is 36.4 Å². The van der Waals surface area contributed by atoms with Crippen molar-refractivity contribution in [1.82, 2.24) is 9.88 Å². The van der Waals surface area contributed by atoms with E-state index in [1.54, 1.807) is 19.9 Å². The Balaban J connectivity index is 1.75. The number of primary amides is 1. The number of nitrogens with zero attached hydrogens (tertiary/aromatic N) is 2. The summed E-state index contributed by atoms with van der Waals surface area (Å²) in [6.07, 6.45) is 1.66. The van der Waals surface area contributed by atoms with E-state index < -0.39 is 5.97 Å². The fourth-order valence-electron chi connectivity index (χ4n) is 3.63. The molecule has 3 N–H and O–H groups in total. The number of anilines is 1. The number of aryl methyl sites for hydroxylation is 1. The number of likely N-dealkylation sites (tertiary alicyclic amines) is 1.